The maximum Gasteiger partial charge on any atom is 0.322 e. The second-order valence-electron chi connectivity index (χ2n) is 5.80. The molecule has 1 aliphatic heterocycles. The van der Waals surface area contributed by atoms with E-state index in [1.807, 2.05) is 37.6 Å². The zero-order chi connectivity index (χ0) is 16.2. The summed E-state index contributed by atoms with van der Waals surface area (Å²) < 4.78 is 0. The molecule has 3 rings (SSSR count). The van der Waals surface area contributed by atoms with Crippen LogP contribution in [-0.2, 0) is 0 Å². The smallest absolute Gasteiger partial charge is 0.322 e. The molecule has 1 atom stereocenters. The van der Waals surface area contributed by atoms with E-state index >= 15 is 0 Å². The molecular weight excluding hydrogens is 308 g/mol. The Morgan fingerprint density at radius 2 is 2.13 bits per heavy atom. The maximum atomic E-state index is 12.6. The Hall–Kier alpha value is -2.08. The average Bonchev–Trinajstić information content (AvgIpc) is 3.27. The van der Waals surface area contributed by atoms with Crippen molar-refractivity contribution < 1.29 is 4.79 Å². The number of nitrogens with zero attached hydrogens (tertiary/aromatic N) is 3. The van der Waals surface area contributed by atoms with Crippen LogP contribution in [0, 0.1) is 0 Å². The first-order valence-corrected chi connectivity index (χ1v) is 8.82. The first-order chi connectivity index (χ1) is 11.2. The first-order valence-electron chi connectivity index (χ1n) is 7.94. The zero-order valence-corrected chi connectivity index (χ0v) is 14.3. The van der Waals surface area contributed by atoms with E-state index in [9.17, 15) is 4.79 Å². The van der Waals surface area contributed by atoms with Gasteiger partial charge in [0.25, 0.3) is 0 Å². The SMILES string of the molecule is C[C@@H](c1cccs1)N(C)C(=O)Nc1cccnc1N1CCCC1. The van der Waals surface area contributed by atoms with Gasteiger partial charge in [0.15, 0.2) is 5.82 Å². The lowest BCUT2D eigenvalue weighted by molar-refractivity contribution is 0.209. The number of rotatable bonds is 4. The minimum absolute atomic E-state index is 0.0434. The number of carbonyl (C=O) groups is 1. The van der Waals surface area contributed by atoms with E-state index in [1.165, 1.54) is 17.7 Å². The van der Waals surface area contributed by atoms with Crippen LogP contribution in [0.2, 0.25) is 0 Å². The van der Waals surface area contributed by atoms with E-state index in [0.29, 0.717) is 0 Å². The fourth-order valence-electron chi connectivity index (χ4n) is 2.77. The van der Waals surface area contributed by atoms with Crippen molar-refractivity contribution in [3.05, 3.63) is 40.7 Å². The van der Waals surface area contributed by atoms with Gasteiger partial charge in [0.1, 0.15) is 0 Å². The Kier molecular flexibility index (Phi) is 4.81. The molecule has 0 radical (unpaired) electrons. The number of urea groups is 1. The van der Waals surface area contributed by atoms with E-state index in [-0.39, 0.29) is 12.1 Å². The third kappa shape index (κ3) is 3.47. The van der Waals surface area contributed by atoms with Crippen molar-refractivity contribution in [2.24, 2.45) is 0 Å². The van der Waals surface area contributed by atoms with Crippen LogP contribution in [0.15, 0.2) is 35.8 Å². The van der Waals surface area contributed by atoms with Crippen LogP contribution in [0.4, 0.5) is 16.3 Å². The standard InChI is InChI=1S/C17H22N4OS/c1-13(15-8-6-12-23-15)20(2)17(22)19-14-7-5-9-18-16(14)21-10-3-4-11-21/h5-9,12-13H,3-4,10-11H2,1-2H3,(H,19,22)/t13-/m0/s1. The Bertz CT molecular complexity index is 652. The third-order valence-electron chi connectivity index (χ3n) is 4.29. The van der Waals surface area contributed by atoms with Crippen molar-refractivity contribution in [3.63, 3.8) is 0 Å². The van der Waals surface area contributed by atoms with Crippen LogP contribution >= 0.6 is 11.3 Å². The van der Waals surface area contributed by atoms with E-state index in [4.69, 9.17) is 0 Å². The molecule has 0 aromatic carbocycles. The molecule has 0 aliphatic carbocycles. The molecule has 1 aliphatic rings. The van der Waals surface area contributed by atoms with E-state index in [2.05, 4.69) is 21.3 Å². The summed E-state index contributed by atoms with van der Waals surface area (Å²) in [5, 5.41) is 5.05. The highest BCUT2D eigenvalue weighted by Crippen LogP contribution is 2.28. The van der Waals surface area contributed by atoms with Gasteiger partial charge in [-0.3, -0.25) is 0 Å². The number of hydrogen-bond acceptors (Lipinski definition) is 4. The summed E-state index contributed by atoms with van der Waals surface area (Å²) in [6.45, 7) is 4.04. The molecule has 0 unspecified atom stereocenters. The van der Waals surface area contributed by atoms with Crippen LogP contribution in [0.5, 0.6) is 0 Å². The second kappa shape index (κ2) is 7.00. The summed E-state index contributed by atoms with van der Waals surface area (Å²) in [6.07, 6.45) is 4.14. The van der Waals surface area contributed by atoms with E-state index < -0.39 is 0 Å². The number of aromatic nitrogens is 1. The normalized spacial score (nSPS) is 15.5. The number of thiophene rings is 1. The number of pyridine rings is 1. The molecule has 2 amide bonds. The molecule has 122 valence electrons. The topological polar surface area (TPSA) is 48.5 Å². The predicted octanol–water partition coefficient (Wildman–Crippen LogP) is 3.97. The number of nitrogens with one attached hydrogen (secondary N) is 1. The summed E-state index contributed by atoms with van der Waals surface area (Å²) in [5.41, 5.74) is 0.782. The molecule has 2 aromatic heterocycles. The number of amides is 2. The maximum absolute atomic E-state index is 12.6. The molecule has 0 bridgehead atoms. The van der Waals surface area contributed by atoms with Gasteiger partial charge in [-0.15, -0.1) is 11.3 Å². The lowest BCUT2D eigenvalue weighted by Gasteiger charge is -2.26. The summed E-state index contributed by atoms with van der Waals surface area (Å²) in [7, 11) is 1.83. The van der Waals surface area contributed by atoms with Crippen molar-refractivity contribution >= 4 is 28.9 Å². The molecule has 1 N–H and O–H groups in total. The predicted molar refractivity (Wildman–Crippen MR) is 95.2 cm³/mol. The molecule has 6 heteroatoms. The molecule has 0 spiro atoms. The number of hydrogen-bond donors (Lipinski definition) is 1. The van der Waals surface area contributed by atoms with Gasteiger partial charge in [-0.05, 0) is 43.3 Å². The van der Waals surface area contributed by atoms with Gasteiger partial charge in [0, 0.05) is 31.2 Å². The molecule has 5 nitrogen and oxygen atoms in total. The van der Waals surface area contributed by atoms with Gasteiger partial charge in [-0.25, -0.2) is 9.78 Å². The monoisotopic (exact) mass is 330 g/mol. The Morgan fingerprint density at radius 1 is 1.35 bits per heavy atom. The minimum atomic E-state index is -0.112. The Balaban J connectivity index is 1.72. The Morgan fingerprint density at radius 3 is 2.83 bits per heavy atom. The van der Waals surface area contributed by atoms with Crippen molar-refractivity contribution in [1.82, 2.24) is 9.88 Å². The van der Waals surface area contributed by atoms with Gasteiger partial charge in [-0.2, -0.15) is 0 Å². The lowest BCUT2D eigenvalue weighted by atomic mass is 10.2. The highest BCUT2D eigenvalue weighted by atomic mass is 32.1. The summed E-state index contributed by atoms with van der Waals surface area (Å²) in [6, 6.07) is 7.77. The van der Waals surface area contributed by atoms with E-state index in [1.54, 1.807) is 22.4 Å². The van der Waals surface area contributed by atoms with Crippen molar-refractivity contribution in [2.45, 2.75) is 25.8 Å². The summed E-state index contributed by atoms with van der Waals surface area (Å²) in [5.74, 6) is 0.871. The van der Waals surface area contributed by atoms with Gasteiger partial charge in [-0.1, -0.05) is 6.07 Å². The van der Waals surface area contributed by atoms with Gasteiger partial charge in [0.2, 0.25) is 0 Å². The van der Waals surface area contributed by atoms with Crippen LogP contribution in [-0.4, -0.2) is 36.1 Å². The summed E-state index contributed by atoms with van der Waals surface area (Å²) in [4.78, 5) is 22.2. The van der Waals surface area contributed by atoms with Crippen LogP contribution in [0.1, 0.15) is 30.7 Å². The van der Waals surface area contributed by atoms with Gasteiger partial charge in [0.05, 0.1) is 11.7 Å². The average molecular weight is 330 g/mol. The molecule has 23 heavy (non-hydrogen) atoms. The summed E-state index contributed by atoms with van der Waals surface area (Å²) >= 11 is 1.66. The Labute approximate surface area is 140 Å². The van der Waals surface area contributed by atoms with Crippen molar-refractivity contribution in [3.8, 4) is 0 Å². The molecule has 1 saturated heterocycles. The third-order valence-corrected chi connectivity index (χ3v) is 5.33. The molecular formula is C17H22N4OS. The molecule has 3 heterocycles. The first kappa shape index (κ1) is 15.8. The van der Waals surface area contributed by atoms with E-state index in [0.717, 1.165) is 24.6 Å². The molecule has 0 saturated carbocycles. The minimum Gasteiger partial charge on any atom is -0.355 e. The number of anilines is 2. The van der Waals surface area contributed by atoms with Crippen molar-refractivity contribution in [1.29, 1.82) is 0 Å². The van der Waals surface area contributed by atoms with Crippen LogP contribution in [0.3, 0.4) is 0 Å². The fourth-order valence-corrected chi connectivity index (χ4v) is 3.60. The quantitative estimate of drug-likeness (QED) is 0.923. The van der Waals surface area contributed by atoms with Crippen molar-refractivity contribution in [2.75, 3.05) is 30.4 Å². The van der Waals surface area contributed by atoms with Crippen LogP contribution < -0.4 is 10.2 Å². The number of carbonyl (C=O) groups excluding carboxylic acids is 1. The zero-order valence-electron chi connectivity index (χ0n) is 13.5. The largest absolute Gasteiger partial charge is 0.355 e. The van der Waals surface area contributed by atoms with Gasteiger partial charge < -0.3 is 15.1 Å². The fraction of sp³-hybridized carbons (Fsp3) is 0.412. The molecule has 2 aromatic rings. The van der Waals surface area contributed by atoms with Crippen LogP contribution in [0.25, 0.3) is 0 Å². The highest BCUT2D eigenvalue weighted by Gasteiger charge is 2.21. The highest BCUT2D eigenvalue weighted by molar-refractivity contribution is 7.10. The molecule has 1 fully saturated rings. The second-order valence-corrected chi connectivity index (χ2v) is 6.78. The lowest BCUT2D eigenvalue weighted by Crippen LogP contribution is -2.34. The van der Waals surface area contributed by atoms with Gasteiger partial charge >= 0.3 is 6.03 Å².